The minimum Gasteiger partial charge on any atom is -0.495 e. The van der Waals surface area contributed by atoms with E-state index in [1.807, 2.05) is 19.1 Å². The zero-order chi connectivity index (χ0) is 16.5. The number of anilines is 1. The average Bonchev–Trinajstić information content (AvgIpc) is 2.49. The Morgan fingerprint density at radius 3 is 2.64 bits per heavy atom. The highest BCUT2D eigenvalue weighted by Crippen LogP contribution is 2.49. The monoisotopic (exact) mass is 305 g/mol. The quantitative estimate of drug-likeness (QED) is 0.794. The Labute approximate surface area is 133 Å². The van der Waals surface area contributed by atoms with E-state index in [4.69, 9.17) is 9.47 Å². The molecule has 0 aromatic heterocycles. The SMILES string of the molecule is CC[C@@H](C(=O)OC)N1c2c(OC)cccc2[C@@H](C)CC1(C)C. The van der Waals surface area contributed by atoms with Crippen LogP contribution >= 0.6 is 0 Å². The maximum absolute atomic E-state index is 12.3. The van der Waals surface area contributed by atoms with Crippen LogP contribution in [0.1, 0.15) is 52.0 Å². The predicted octanol–water partition coefficient (Wildman–Crippen LogP) is 3.74. The van der Waals surface area contributed by atoms with E-state index < -0.39 is 0 Å². The van der Waals surface area contributed by atoms with Crippen LogP contribution in [0, 0.1) is 0 Å². The van der Waals surface area contributed by atoms with E-state index in [0.717, 1.165) is 17.9 Å². The highest BCUT2D eigenvalue weighted by molar-refractivity contribution is 5.83. The van der Waals surface area contributed by atoms with E-state index >= 15 is 0 Å². The molecule has 0 saturated heterocycles. The number of benzene rings is 1. The molecule has 22 heavy (non-hydrogen) atoms. The Morgan fingerprint density at radius 2 is 2.09 bits per heavy atom. The molecule has 0 bridgehead atoms. The van der Waals surface area contributed by atoms with Gasteiger partial charge in [-0.05, 0) is 44.2 Å². The Hall–Kier alpha value is -1.71. The summed E-state index contributed by atoms with van der Waals surface area (Å²) in [6.45, 7) is 8.62. The number of nitrogens with zero attached hydrogens (tertiary/aromatic N) is 1. The molecule has 122 valence electrons. The summed E-state index contributed by atoms with van der Waals surface area (Å²) < 4.78 is 10.6. The van der Waals surface area contributed by atoms with E-state index in [1.165, 1.54) is 12.7 Å². The second kappa shape index (κ2) is 6.19. The molecule has 1 heterocycles. The Kier molecular flexibility index (Phi) is 4.69. The largest absolute Gasteiger partial charge is 0.495 e. The molecular formula is C18H27NO3. The van der Waals surface area contributed by atoms with Gasteiger partial charge in [-0.15, -0.1) is 0 Å². The second-order valence-electron chi connectivity index (χ2n) is 6.63. The number of carbonyl (C=O) groups excluding carboxylic acids is 1. The first-order chi connectivity index (χ1) is 10.4. The lowest BCUT2D eigenvalue weighted by atomic mass is 9.78. The number of carbonyl (C=O) groups is 1. The lowest BCUT2D eigenvalue weighted by Crippen LogP contribution is -2.56. The molecule has 0 radical (unpaired) electrons. The van der Waals surface area contributed by atoms with Crippen molar-refractivity contribution in [3.05, 3.63) is 23.8 Å². The number of ether oxygens (including phenoxy) is 2. The number of hydrogen-bond acceptors (Lipinski definition) is 4. The summed E-state index contributed by atoms with van der Waals surface area (Å²) in [5.74, 6) is 1.05. The van der Waals surface area contributed by atoms with E-state index in [0.29, 0.717) is 12.3 Å². The fourth-order valence-electron chi connectivity index (χ4n) is 3.79. The van der Waals surface area contributed by atoms with Gasteiger partial charge >= 0.3 is 5.97 Å². The van der Waals surface area contributed by atoms with Gasteiger partial charge in [-0.1, -0.05) is 26.0 Å². The third-order valence-electron chi connectivity index (χ3n) is 4.65. The molecule has 0 saturated carbocycles. The van der Waals surface area contributed by atoms with Gasteiger partial charge in [-0.25, -0.2) is 4.79 Å². The molecule has 1 aromatic rings. The lowest BCUT2D eigenvalue weighted by Gasteiger charge is -2.50. The number of rotatable bonds is 4. The minimum atomic E-state index is -0.303. The number of fused-ring (bicyclic) bond motifs is 1. The third-order valence-corrected chi connectivity index (χ3v) is 4.65. The van der Waals surface area contributed by atoms with Gasteiger partial charge in [0.25, 0.3) is 0 Å². The molecule has 0 N–H and O–H groups in total. The van der Waals surface area contributed by atoms with Crippen molar-refractivity contribution in [3.63, 3.8) is 0 Å². The van der Waals surface area contributed by atoms with Crippen molar-refractivity contribution >= 4 is 11.7 Å². The molecular weight excluding hydrogens is 278 g/mol. The van der Waals surface area contributed by atoms with Gasteiger partial charge in [0.05, 0.1) is 19.9 Å². The summed E-state index contributed by atoms with van der Waals surface area (Å²) in [4.78, 5) is 14.5. The second-order valence-corrected chi connectivity index (χ2v) is 6.63. The van der Waals surface area contributed by atoms with Crippen LogP contribution in [0.2, 0.25) is 0 Å². The molecule has 0 spiro atoms. The summed E-state index contributed by atoms with van der Waals surface area (Å²) in [5.41, 5.74) is 2.13. The maximum Gasteiger partial charge on any atom is 0.328 e. The fourth-order valence-corrected chi connectivity index (χ4v) is 3.79. The molecule has 0 amide bonds. The summed E-state index contributed by atoms with van der Waals surface area (Å²) in [5, 5.41) is 0. The van der Waals surface area contributed by atoms with E-state index in [-0.39, 0.29) is 17.6 Å². The summed E-state index contributed by atoms with van der Waals surface area (Å²) in [7, 11) is 3.13. The molecule has 1 aromatic carbocycles. The summed E-state index contributed by atoms with van der Waals surface area (Å²) >= 11 is 0. The Balaban J connectivity index is 2.65. The molecule has 0 fully saturated rings. The number of esters is 1. The topological polar surface area (TPSA) is 38.8 Å². The fraction of sp³-hybridized carbons (Fsp3) is 0.611. The highest BCUT2D eigenvalue weighted by Gasteiger charge is 2.43. The molecule has 0 unspecified atom stereocenters. The number of methoxy groups -OCH3 is 2. The molecule has 4 nitrogen and oxygen atoms in total. The van der Waals surface area contributed by atoms with Crippen LogP contribution < -0.4 is 9.64 Å². The van der Waals surface area contributed by atoms with Gasteiger partial charge in [0.2, 0.25) is 0 Å². The Bertz CT molecular complexity index is 553. The zero-order valence-corrected chi connectivity index (χ0v) is 14.5. The predicted molar refractivity (Wildman–Crippen MR) is 88.7 cm³/mol. The smallest absolute Gasteiger partial charge is 0.328 e. The lowest BCUT2D eigenvalue weighted by molar-refractivity contribution is -0.142. The van der Waals surface area contributed by atoms with Crippen molar-refractivity contribution in [2.75, 3.05) is 19.1 Å². The van der Waals surface area contributed by atoms with Gasteiger partial charge in [0, 0.05) is 5.54 Å². The standard InChI is InChI=1S/C18H27NO3/c1-7-14(17(20)22-6)19-16-13(9-8-10-15(16)21-5)12(2)11-18(19,3)4/h8-10,12,14H,7,11H2,1-6H3/t12-,14-/m0/s1. The first kappa shape index (κ1) is 16.7. The van der Waals surface area contributed by atoms with Crippen LogP contribution in [-0.4, -0.2) is 31.8 Å². The number of hydrogen-bond donors (Lipinski definition) is 0. The maximum atomic E-state index is 12.3. The molecule has 2 rings (SSSR count). The van der Waals surface area contributed by atoms with Crippen molar-refractivity contribution in [3.8, 4) is 5.75 Å². The summed E-state index contributed by atoms with van der Waals surface area (Å²) in [6, 6.07) is 5.81. The Morgan fingerprint density at radius 1 is 1.41 bits per heavy atom. The van der Waals surface area contributed by atoms with E-state index in [1.54, 1.807) is 7.11 Å². The third kappa shape index (κ3) is 2.67. The summed E-state index contributed by atoms with van der Waals surface area (Å²) in [6.07, 6.45) is 1.68. The average molecular weight is 305 g/mol. The van der Waals surface area contributed by atoms with Gasteiger partial charge in [-0.2, -0.15) is 0 Å². The van der Waals surface area contributed by atoms with Gasteiger partial charge < -0.3 is 14.4 Å². The van der Waals surface area contributed by atoms with Crippen LogP contribution in [0.3, 0.4) is 0 Å². The first-order valence-corrected chi connectivity index (χ1v) is 7.91. The minimum absolute atomic E-state index is 0.143. The van der Waals surface area contributed by atoms with Crippen molar-refractivity contribution in [1.82, 2.24) is 0 Å². The van der Waals surface area contributed by atoms with E-state index in [9.17, 15) is 4.79 Å². The molecule has 4 heteroatoms. The highest BCUT2D eigenvalue weighted by atomic mass is 16.5. The molecule has 2 atom stereocenters. The van der Waals surface area contributed by atoms with Crippen LogP contribution in [0.25, 0.3) is 0 Å². The van der Waals surface area contributed by atoms with E-state index in [2.05, 4.69) is 31.7 Å². The van der Waals surface area contributed by atoms with Crippen molar-refractivity contribution in [1.29, 1.82) is 0 Å². The van der Waals surface area contributed by atoms with Crippen LogP contribution in [0.4, 0.5) is 5.69 Å². The zero-order valence-electron chi connectivity index (χ0n) is 14.5. The molecule has 0 aliphatic carbocycles. The molecule has 1 aliphatic heterocycles. The van der Waals surface area contributed by atoms with Crippen molar-refractivity contribution in [2.24, 2.45) is 0 Å². The van der Waals surface area contributed by atoms with Gasteiger partial charge in [0.15, 0.2) is 0 Å². The van der Waals surface area contributed by atoms with Crippen LogP contribution in [-0.2, 0) is 9.53 Å². The van der Waals surface area contributed by atoms with Gasteiger partial charge in [0.1, 0.15) is 11.8 Å². The first-order valence-electron chi connectivity index (χ1n) is 7.91. The van der Waals surface area contributed by atoms with Crippen molar-refractivity contribution < 1.29 is 14.3 Å². The normalized spacial score (nSPS) is 21.0. The van der Waals surface area contributed by atoms with Crippen LogP contribution in [0.5, 0.6) is 5.75 Å². The van der Waals surface area contributed by atoms with Crippen molar-refractivity contribution in [2.45, 2.75) is 58.0 Å². The van der Waals surface area contributed by atoms with Gasteiger partial charge in [-0.3, -0.25) is 0 Å². The number of para-hydroxylation sites is 1. The van der Waals surface area contributed by atoms with Crippen LogP contribution in [0.15, 0.2) is 18.2 Å². The molecule has 1 aliphatic rings.